The second-order valence-corrected chi connectivity index (χ2v) is 14.0. The van der Waals surface area contributed by atoms with E-state index >= 15 is 0 Å². The summed E-state index contributed by atoms with van der Waals surface area (Å²) >= 11 is 3.51. The highest BCUT2D eigenvalue weighted by Gasteiger charge is 2.15. The van der Waals surface area contributed by atoms with Crippen LogP contribution in [-0.2, 0) is 21.0 Å². The molecule has 0 saturated carbocycles. The Hall–Kier alpha value is -1.44. The molecule has 26 heavy (non-hydrogen) atoms. The van der Waals surface area contributed by atoms with Gasteiger partial charge in [0.1, 0.15) is 6.73 Å². The number of rotatable bonds is 8. The Morgan fingerprint density at radius 2 is 2.08 bits per heavy atom. The summed E-state index contributed by atoms with van der Waals surface area (Å²) in [7, 11) is -1.12. The average Bonchev–Trinajstić information content (AvgIpc) is 2.88. The minimum Gasteiger partial charge on any atom is -0.463 e. The maximum absolute atomic E-state index is 11.8. The largest absolute Gasteiger partial charge is 0.463 e. The molecule has 0 fully saturated rings. The lowest BCUT2D eigenvalue weighted by atomic mass is 10.1. The molecule has 0 radical (unpaired) electrons. The topological polar surface area (TPSA) is 53.3 Å². The zero-order valence-electron chi connectivity index (χ0n) is 16.1. The van der Waals surface area contributed by atoms with Crippen LogP contribution >= 0.6 is 15.9 Å². The molecule has 0 saturated heterocycles. The maximum atomic E-state index is 11.8. The zero-order valence-corrected chi connectivity index (χ0v) is 18.7. The van der Waals surface area contributed by atoms with Crippen LogP contribution in [0.4, 0.5) is 0 Å². The monoisotopic (exact) mass is 438 g/mol. The van der Waals surface area contributed by atoms with Crippen molar-refractivity contribution in [1.82, 2.24) is 9.78 Å². The summed E-state index contributed by atoms with van der Waals surface area (Å²) in [6.45, 7) is 12.1. The Morgan fingerprint density at radius 1 is 1.35 bits per heavy atom. The number of nitrogens with zero attached hydrogens (tertiary/aromatic N) is 2. The van der Waals surface area contributed by atoms with Crippen LogP contribution in [0.2, 0.25) is 25.7 Å². The Balaban J connectivity index is 2.27. The Kier molecular flexibility index (Phi) is 7.20. The van der Waals surface area contributed by atoms with E-state index in [0.29, 0.717) is 13.3 Å². The number of hydrogen-bond donors (Lipinski definition) is 0. The molecule has 0 spiro atoms. The third-order valence-corrected chi connectivity index (χ3v) is 6.11. The summed E-state index contributed by atoms with van der Waals surface area (Å²) in [5.74, 6) is -0.353. The fourth-order valence-corrected chi connectivity index (χ4v) is 3.62. The number of ether oxygens (including phenoxy) is 2. The van der Waals surface area contributed by atoms with E-state index in [4.69, 9.17) is 9.47 Å². The number of benzene rings is 1. The van der Waals surface area contributed by atoms with Crippen molar-refractivity contribution in [2.75, 3.05) is 13.2 Å². The molecule has 2 aromatic rings. The van der Waals surface area contributed by atoms with Crippen molar-refractivity contribution in [3.05, 3.63) is 34.4 Å². The highest BCUT2D eigenvalue weighted by Crippen LogP contribution is 2.27. The van der Waals surface area contributed by atoms with E-state index in [9.17, 15) is 4.79 Å². The van der Waals surface area contributed by atoms with Crippen molar-refractivity contribution in [2.45, 2.75) is 46.3 Å². The van der Waals surface area contributed by atoms with Gasteiger partial charge in [-0.2, -0.15) is 5.10 Å². The molecule has 0 amide bonds. The predicted molar refractivity (Wildman–Crippen MR) is 112 cm³/mol. The molecule has 1 aromatic heterocycles. The molecule has 1 aromatic carbocycles. The number of carbonyl (C=O) groups excluding carboxylic acids is 1. The van der Waals surface area contributed by atoms with E-state index < -0.39 is 8.07 Å². The normalized spacial score (nSPS) is 12.6. The minimum atomic E-state index is -1.12. The quantitative estimate of drug-likeness (QED) is 0.249. The van der Waals surface area contributed by atoms with Crippen molar-refractivity contribution in [2.24, 2.45) is 0 Å². The van der Waals surface area contributed by atoms with E-state index in [2.05, 4.69) is 40.7 Å². The predicted octanol–water partition coefficient (Wildman–Crippen LogP) is 5.08. The van der Waals surface area contributed by atoms with E-state index in [1.165, 1.54) is 6.08 Å². The zero-order chi connectivity index (χ0) is 19.3. The molecule has 0 aliphatic heterocycles. The van der Waals surface area contributed by atoms with Gasteiger partial charge in [-0.25, -0.2) is 9.48 Å². The van der Waals surface area contributed by atoms with Crippen LogP contribution in [0, 0.1) is 0 Å². The van der Waals surface area contributed by atoms with Gasteiger partial charge in [0.2, 0.25) is 0 Å². The van der Waals surface area contributed by atoms with Gasteiger partial charge in [-0.15, -0.1) is 0 Å². The highest BCUT2D eigenvalue weighted by atomic mass is 79.9. The first kappa shape index (κ1) is 20.9. The van der Waals surface area contributed by atoms with Crippen LogP contribution in [0.5, 0.6) is 0 Å². The van der Waals surface area contributed by atoms with E-state index in [0.717, 1.165) is 39.3 Å². The van der Waals surface area contributed by atoms with Crippen molar-refractivity contribution < 1.29 is 14.3 Å². The molecule has 1 heterocycles. The molecular formula is C19H27BrN2O3Si. The molecule has 0 aliphatic carbocycles. The average molecular weight is 439 g/mol. The van der Waals surface area contributed by atoms with Gasteiger partial charge in [0, 0.05) is 30.6 Å². The summed E-state index contributed by atoms with van der Waals surface area (Å²) in [6, 6.07) is 7.12. The summed E-state index contributed by atoms with van der Waals surface area (Å²) < 4.78 is 13.7. The second-order valence-electron chi connectivity index (χ2n) is 7.44. The first-order chi connectivity index (χ1) is 12.2. The van der Waals surface area contributed by atoms with Gasteiger partial charge >= 0.3 is 5.97 Å². The lowest BCUT2D eigenvalue weighted by Crippen LogP contribution is -2.22. The molecule has 0 atom stereocenters. The number of aromatic nitrogens is 2. The number of carbonyl (C=O) groups is 1. The summed E-state index contributed by atoms with van der Waals surface area (Å²) in [6.07, 6.45) is 1.49. The number of hydrogen-bond acceptors (Lipinski definition) is 4. The number of halogens is 1. The van der Waals surface area contributed by atoms with Crippen LogP contribution in [0.1, 0.15) is 19.5 Å². The van der Waals surface area contributed by atoms with Gasteiger partial charge in [-0.1, -0.05) is 35.6 Å². The Morgan fingerprint density at radius 3 is 2.73 bits per heavy atom. The van der Waals surface area contributed by atoms with Crippen molar-refractivity contribution in [3.63, 3.8) is 0 Å². The Labute approximate surface area is 164 Å². The van der Waals surface area contributed by atoms with E-state index in [1.54, 1.807) is 6.92 Å². The van der Waals surface area contributed by atoms with Crippen LogP contribution in [0.15, 0.2) is 28.7 Å². The number of esters is 1. The third-order valence-electron chi connectivity index (χ3n) is 3.92. The van der Waals surface area contributed by atoms with Crippen LogP contribution in [-0.4, -0.2) is 37.0 Å². The van der Waals surface area contributed by atoms with Crippen molar-refractivity contribution in [1.29, 1.82) is 0 Å². The van der Waals surface area contributed by atoms with Crippen LogP contribution < -0.4 is 0 Å². The van der Waals surface area contributed by atoms with Crippen LogP contribution in [0.3, 0.4) is 0 Å². The third kappa shape index (κ3) is 5.79. The molecule has 7 heteroatoms. The van der Waals surface area contributed by atoms with E-state index in [-0.39, 0.29) is 5.97 Å². The van der Waals surface area contributed by atoms with Gasteiger partial charge in [-0.05, 0) is 43.7 Å². The van der Waals surface area contributed by atoms with Gasteiger partial charge in [0.15, 0.2) is 0 Å². The second kappa shape index (κ2) is 8.97. The first-order valence-corrected chi connectivity index (χ1v) is 13.3. The highest BCUT2D eigenvalue weighted by molar-refractivity contribution is 9.10. The fourth-order valence-electron chi connectivity index (χ4n) is 2.50. The van der Waals surface area contributed by atoms with Gasteiger partial charge in [0.05, 0.1) is 17.8 Å². The molecule has 0 bridgehead atoms. The molecular weight excluding hydrogens is 412 g/mol. The lowest BCUT2D eigenvalue weighted by Gasteiger charge is -2.15. The van der Waals surface area contributed by atoms with Gasteiger partial charge in [0.25, 0.3) is 0 Å². The number of allylic oxidation sites excluding steroid dienone is 1. The maximum Gasteiger partial charge on any atom is 0.331 e. The van der Waals surface area contributed by atoms with Crippen molar-refractivity contribution in [3.8, 4) is 0 Å². The molecule has 5 nitrogen and oxygen atoms in total. The molecule has 0 unspecified atom stereocenters. The van der Waals surface area contributed by atoms with Crippen molar-refractivity contribution >= 4 is 46.4 Å². The first-order valence-electron chi connectivity index (χ1n) is 8.80. The van der Waals surface area contributed by atoms with Gasteiger partial charge < -0.3 is 9.47 Å². The van der Waals surface area contributed by atoms with E-state index in [1.807, 2.05) is 29.8 Å². The standard InChI is InChI=1S/C19H27BrN2O3Si/c1-6-25-18(23)11-14(2)19-16-12-15(20)7-8-17(16)22(21-19)13-24-9-10-26(3,4)5/h7-8,11-12H,6,9-10,13H2,1-5H3. The fraction of sp³-hybridized carbons (Fsp3) is 0.474. The van der Waals surface area contributed by atoms with Crippen LogP contribution in [0.25, 0.3) is 16.5 Å². The Bertz CT molecular complexity index is 809. The minimum absolute atomic E-state index is 0.353. The molecule has 2 rings (SSSR count). The summed E-state index contributed by atoms with van der Waals surface area (Å²) in [5.41, 5.74) is 2.52. The van der Waals surface area contributed by atoms with Gasteiger partial charge in [-0.3, -0.25) is 0 Å². The summed E-state index contributed by atoms with van der Waals surface area (Å²) in [5, 5.41) is 5.66. The SMILES string of the molecule is CCOC(=O)C=C(C)c1nn(COCC[Si](C)(C)C)c2ccc(Br)cc12. The smallest absolute Gasteiger partial charge is 0.331 e. The molecule has 0 aliphatic rings. The molecule has 142 valence electrons. The summed E-state index contributed by atoms with van der Waals surface area (Å²) in [4.78, 5) is 11.8. The molecule has 0 N–H and O–H groups in total. The lowest BCUT2D eigenvalue weighted by molar-refractivity contribution is -0.137. The number of fused-ring (bicyclic) bond motifs is 1.